The van der Waals surface area contributed by atoms with Gasteiger partial charge in [-0.2, -0.15) is 0 Å². The van der Waals surface area contributed by atoms with Gasteiger partial charge in [-0.3, -0.25) is 4.90 Å². The zero-order valence-corrected chi connectivity index (χ0v) is 10.3. The Morgan fingerprint density at radius 1 is 1.44 bits per heavy atom. The number of nitrogens with zero attached hydrogens (tertiary/aromatic N) is 1. The molecule has 1 heterocycles. The molecule has 0 spiro atoms. The molecule has 1 aliphatic heterocycles. The molecule has 1 unspecified atom stereocenters. The highest BCUT2D eigenvalue weighted by Crippen LogP contribution is 2.18. The van der Waals surface area contributed by atoms with Crippen LogP contribution in [0.1, 0.15) is 16.7 Å². The highest BCUT2D eigenvalue weighted by atomic mass is 16.6. The molecule has 1 amide bonds. The zero-order chi connectivity index (χ0) is 13.3. The minimum atomic E-state index is -1.04. The van der Waals surface area contributed by atoms with Crippen molar-refractivity contribution < 1.29 is 19.4 Å². The Morgan fingerprint density at radius 2 is 2.17 bits per heavy atom. The summed E-state index contributed by atoms with van der Waals surface area (Å²) in [6, 6.07) is 4.92. The van der Waals surface area contributed by atoms with Crippen LogP contribution in [-0.2, 0) is 16.1 Å². The third-order valence-corrected chi connectivity index (χ3v) is 3.18. The third kappa shape index (κ3) is 2.30. The lowest BCUT2D eigenvalue weighted by Crippen LogP contribution is -2.38. The van der Waals surface area contributed by atoms with Crippen LogP contribution in [0.25, 0.3) is 0 Å². The van der Waals surface area contributed by atoms with E-state index >= 15 is 0 Å². The standard InChI is InChI=1S/C13H15NO4/c1-8-3-4-10(5-9(8)2)6-14-11(12(15)16)7-18-13(14)17/h3-5,11H,6-7H2,1-2H3,(H,15,16). The Bertz CT molecular complexity index is 498. The summed E-state index contributed by atoms with van der Waals surface area (Å²) < 4.78 is 4.77. The number of cyclic esters (lactones) is 1. The maximum atomic E-state index is 11.5. The molecule has 1 atom stereocenters. The molecule has 0 radical (unpaired) electrons. The van der Waals surface area contributed by atoms with Gasteiger partial charge in [0.05, 0.1) is 6.54 Å². The molecular weight excluding hydrogens is 234 g/mol. The molecule has 1 fully saturated rings. The third-order valence-electron chi connectivity index (χ3n) is 3.18. The Hall–Kier alpha value is -2.04. The number of aliphatic carboxylic acids is 1. The van der Waals surface area contributed by atoms with Crippen LogP contribution >= 0.6 is 0 Å². The van der Waals surface area contributed by atoms with Crippen LogP contribution in [0.3, 0.4) is 0 Å². The normalized spacial score (nSPS) is 18.9. The number of ether oxygens (including phenoxy) is 1. The molecule has 18 heavy (non-hydrogen) atoms. The second-order valence-corrected chi connectivity index (χ2v) is 4.48. The van der Waals surface area contributed by atoms with Gasteiger partial charge in [-0.15, -0.1) is 0 Å². The van der Waals surface area contributed by atoms with Gasteiger partial charge in [0.1, 0.15) is 6.61 Å². The van der Waals surface area contributed by atoms with E-state index < -0.39 is 18.1 Å². The molecular formula is C13H15NO4. The van der Waals surface area contributed by atoms with Gasteiger partial charge in [0.25, 0.3) is 0 Å². The number of hydrogen-bond acceptors (Lipinski definition) is 3. The van der Waals surface area contributed by atoms with Crippen molar-refractivity contribution in [1.29, 1.82) is 0 Å². The topological polar surface area (TPSA) is 66.8 Å². The highest BCUT2D eigenvalue weighted by molar-refractivity contribution is 5.82. The summed E-state index contributed by atoms with van der Waals surface area (Å²) in [4.78, 5) is 23.7. The first-order chi connectivity index (χ1) is 8.49. The van der Waals surface area contributed by atoms with Crippen LogP contribution in [0.4, 0.5) is 4.79 Å². The Kier molecular flexibility index (Phi) is 3.23. The van der Waals surface area contributed by atoms with Crippen LogP contribution in [-0.4, -0.2) is 34.7 Å². The number of carboxylic acids is 1. The highest BCUT2D eigenvalue weighted by Gasteiger charge is 2.37. The molecule has 1 aromatic rings. The van der Waals surface area contributed by atoms with E-state index in [2.05, 4.69) is 0 Å². The van der Waals surface area contributed by atoms with Gasteiger partial charge in [0.2, 0.25) is 0 Å². The summed E-state index contributed by atoms with van der Waals surface area (Å²) in [5.74, 6) is -1.04. The molecule has 96 valence electrons. The van der Waals surface area contributed by atoms with Crippen molar-refractivity contribution in [1.82, 2.24) is 4.90 Å². The van der Waals surface area contributed by atoms with E-state index in [0.717, 1.165) is 16.7 Å². The van der Waals surface area contributed by atoms with Crippen molar-refractivity contribution in [2.24, 2.45) is 0 Å². The average Bonchev–Trinajstić information content (AvgIpc) is 2.66. The fraction of sp³-hybridized carbons (Fsp3) is 0.385. The smallest absolute Gasteiger partial charge is 0.411 e. The summed E-state index contributed by atoms with van der Waals surface area (Å²) >= 11 is 0. The monoisotopic (exact) mass is 249 g/mol. The second kappa shape index (κ2) is 4.68. The fourth-order valence-corrected chi connectivity index (χ4v) is 1.93. The Labute approximate surface area is 105 Å². The molecule has 2 rings (SSSR count). The van der Waals surface area contributed by atoms with Crippen LogP contribution in [0.15, 0.2) is 18.2 Å². The van der Waals surface area contributed by atoms with E-state index in [1.54, 1.807) is 0 Å². The summed E-state index contributed by atoms with van der Waals surface area (Å²) in [5, 5.41) is 9.00. The first kappa shape index (κ1) is 12.4. The van der Waals surface area contributed by atoms with Crippen molar-refractivity contribution in [3.05, 3.63) is 34.9 Å². The van der Waals surface area contributed by atoms with Gasteiger partial charge in [0.15, 0.2) is 6.04 Å². The Balaban J connectivity index is 2.18. The first-order valence-corrected chi connectivity index (χ1v) is 5.71. The second-order valence-electron chi connectivity index (χ2n) is 4.48. The maximum Gasteiger partial charge on any atom is 0.411 e. The van der Waals surface area contributed by atoms with Gasteiger partial charge >= 0.3 is 12.1 Å². The largest absolute Gasteiger partial charge is 0.480 e. The van der Waals surface area contributed by atoms with Gasteiger partial charge in [-0.1, -0.05) is 18.2 Å². The summed E-state index contributed by atoms with van der Waals surface area (Å²) in [5.41, 5.74) is 3.19. The van der Waals surface area contributed by atoms with E-state index in [-0.39, 0.29) is 13.2 Å². The van der Waals surface area contributed by atoms with E-state index in [4.69, 9.17) is 9.84 Å². The van der Waals surface area contributed by atoms with Crippen LogP contribution < -0.4 is 0 Å². The number of carbonyl (C=O) groups is 2. The number of hydrogen-bond donors (Lipinski definition) is 1. The number of aryl methyl sites for hydroxylation is 2. The average molecular weight is 249 g/mol. The van der Waals surface area contributed by atoms with Crippen LogP contribution in [0.2, 0.25) is 0 Å². The van der Waals surface area contributed by atoms with Crippen LogP contribution in [0.5, 0.6) is 0 Å². The SMILES string of the molecule is Cc1ccc(CN2C(=O)OCC2C(=O)O)cc1C. The molecule has 0 aromatic heterocycles. The quantitative estimate of drug-likeness (QED) is 0.885. The molecule has 0 saturated carbocycles. The van der Waals surface area contributed by atoms with Gasteiger partial charge in [-0.05, 0) is 30.5 Å². The molecule has 5 nitrogen and oxygen atoms in total. The summed E-state index contributed by atoms with van der Waals surface area (Å²) in [6.45, 7) is 4.16. The predicted molar refractivity (Wildman–Crippen MR) is 64.2 cm³/mol. The Morgan fingerprint density at radius 3 is 2.78 bits per heavy atom. The predicted octanol–water partition coefficient (Wildman–Crippen LogP) is 1.71. The van der Waals surface area contributed by atoms with E-state index in [0.29, 0.717) is 0 Å². The van der Waals surface area contributed by atoms with Gasteiger partial charge < -0.3 is 9.84 Å². The van der Waals surface area contributed by atoms with Crippen molar-refractivity contribution in [3.8, 4) is 0 Å². The fourth-order valence-electron chi connectivity index (χ4n) is 1.93. The lowest BCUT2D eigenvalue weighted by molar-refractivity contribution is -0.141. The molecule has 1 aromatic carbocycles. The number of carboxylic acid groups (broad SMARTS) is 1. The van der Waals surface area contributed by atoms with E-state index in [1.165, 1.54) is 4.90 Å². The van der Waals surface area contributed by atoms with Crippen LogP contribution in [0, 0.1) is 13.8 Å². The van der Waals surface area contributed by atoms with Crippen molar-refractivity contribution in [2.45, 2.75) is 26.4 Å². The number of carbonyl (C=O) groups excluding carboxylic acids is 1. The first-order valence-electron chi connectivity index (χ1n) is 5.71. The van der Waals surface area contributed by atoms with Crippen molar-refractivity contribution in [2.75, 3.05) is 6.61 Å². The molecule has 5 heteroatoms. The van der Waals surface area contributed by atoms with Crippen molar-refractivity contribution >= 4 is 12.1 Å². The lowest BCUT2D eigenvalue weighted by atomic mass is 10.1. The van der Waals surface area contributed by atoms with E-state index in [9.17, 15) is 9.59 Å². The minimum Gasteiger partial charge on any atom is -0.480 e. The molecule has 1 saturated heterocycles. The molecule has 1 aliphatic rings. The summed E-state index contributed by atoms with van der Waals surface area (Å²) in [6.07, 6.45) is -0.569. The molecule has 1 N–H and O–H groups in total. The lowest BCUT2D eigenvalue weighted by Gasteiger charge is -2.18. The molecule has 0 aliphatic carbocycles. The number of benzene rings is 1. The van der Waals surface area contributed by atoms with Gasteiger partial charge in [-0.25, -0.2) is 9.59 Å². The van der Waals surface area contributed by atoms with E-state index in [1.807, 2.05) is 32.0 Å². The molecule has 0 bridgehead atoms. The maximum absolute atomic E-state index is 11.5. The minimum absolute atomic E-state index is 0.0843. The van der Waals surface area contributed by atoms with Crippen molar-refractivity contribution in [3.63, 3.8) is 0 Å². The zero-order valence-electron chi connectivity index (χ0n) is 10.3. The van der Waals surface area contributed by atoms with Gasteiger partial charge in [0, 0.05) is 0 Å². The summed E-state index contributed by atoms with van der Waals surface area (Å²) in [7, 11) is 0. The number of amides is 1. The number of rotatable bonds is 3.